The van der Waals surface area contributed by atoms with Crippen molar-refractivity contribution in [2.45, 2.75) is 17.0 Å². The van der Waals surface area contributed by atoms with Gasteiger partial charge in [0.05, 0.1) is 18.7 Å². The van der Waals surface area contributed by atoms with Crippen LogP contribution in [0.1, 0.15) is 6.04 Å². The molecule has 0 radical (unpaired) electrons. The lowest BCUT2D eigenvalue weighted by molar-refractivity contribution is 0.118. The molecule has 1 N–H and O–H groups in total. The first-order valence-corrected chi connectivity index (χ1v) is 6.79. The predicted octanol–water partition coefficient (Wildman–Crippen LogP) is 1.69. The number of hydrogen-bond acceptors (Lipinski definition) is 4. The third-order valence-corrected chi connectivity index (χ3v) is 3.82. The van der Waals surface area contributed by atoms with Crippen molar-refractivity contribution < 1.29 is 9.84 Å². The molecular formula is C12H14N2O2S. The van der Waals surface area contributed by atoms with Crippen molar-refractivity contribution in [3.63, 3.8) is 0 Å². The molecule has 3 rings (SSSR count). The molecule has 1 fully saturated rings. The molecule has 0 amide bonds. The summed E-state index contributed by atoms with van der Waals surface area (Å²) in [5.74, 6) is 0. The lowest BCUT2D eigenvalue weighted by Gasteiger charge is -2.11. The Morgan fingerprint density at radius 3 is 3.06 bits per heavy atom. The van der Waals surface area contributed by atoms with Crippen LogP contribution in [0.5, 0.6) is 0 Å². The van der Waals surface area contributed by atoms with Gasteiger partial charge in [-0.1, -0.05) is 0 Å². The van der Waals surface area contributed by atoms with E-state index in [9.17, 15) is 5.11 Å². The number of ether oxygens (including phenoxy) is 1. The fourth-order valence-corrected chi connectivity index (χ4v) is 2.55. The molecule has 0 spiro atoms. The highest BCUT2D eigenvalue weighted by molar-refractivity contribution is 7.98. The van der Waals surface area contributed by atoms with Gasteiger partial charge in [0.1, 0.15) is 12.1 Å². The summed E-state index contributed by atoms with van der Waals surface area (Å²) in [6.07, 6.45) is 3.59. The third kappa shape index (κ3) is 1.94. The van der Waals surface area contributed by atoms with Crippen LogP contribution in [0.25, 0.3) is 10.9 Å². The Morgan fingerprint density at radius 2 is 2.35 bits per heavy atom. The van der Waals surface area contributed by atoms with Gasteiger partial charge in [-0.25, -0.2) is 0 Å². The molecule has 2 aromatic rings. The van der Waals surface area contributed by atoms with Crippen molar-refractivity contribution >= 4 is 22.7 Å². The molecule has 0 bridgehead atoms. The maximum absolute atomic E-state index is 9.78. The number of fused-ring (bicyclic) bond motifs is 1. The van der Waals surface area contributed by atoms with Gasteiger partial charge < -0.3 is 9.84 Å². The van der Waals surface area contributed by atoms with E-state index in [-0.39, 0.29) is 6.04 Å². The van der Waals surface area contributed by atoms with Gasteiger partial charge in [-0.2, -0.15) is 5.10 Å². The average molecular weight is 250 g/mol. The zero-order chi connectivity index (χ0) is 11.8. The normalized spacial score (nSPS) is 24.6. The number of aromatic nitrogens is 2. The molecule has 1 saturated heterocycles. The van der Waals surface area contributed by atoms with E-state index in [0.717, 1.165) is 10.9 Å². The SMILES string of the molecule is CSc1ccc2nn(C3COCC3O)cc2c1. The van der Waals surface area contributed by atoms with Crippen molar-refractivity contribution in [2.75, 3.05) is 19.5 Å². The summed E-state index contributed by atoms with van der Waals surface area (Å²) in [6, 6.07) is 6.14. The number of aliphatic hydroxyl groups excluding tert-OH is 1. The molecule has 17 heavy (non-hydrogen) atoms. The maximum Gasteiger partial charge on any atom is 0.103 e. The molecule has 2 heterocycles. The Kier molecular flexibility index (Phi) is 2.82. The lowest BCUT2D eigenvalue weighted by Crippen LogP contribution is -2.22. The summed E-state index contributed by atoms with van der Waals surface area (Å²) < 4.78 is 7.08. The predicted molar refractivity (Wildman–Crippen MR) is 67.4 cm³/mol. The number of nitrogens with zero attached hydrogens (tertiary/aromatic N) is 2. The second-order valence-electron chi connectivity index (χ2n) is 4.21. The summed E-state index contributed by atoms with van der Waals surface area (Å²) >= 11 is 1.71. The minimum Gasteiger partial charge on any atom is -0.388 e. The Balaban J connectivity index is 2.01. The second-order valence-corrected chi connectivity index (χ2v) is 5.09. The van der Waals surface area contributed by atoms with E-state index in [1.54, 1.807) is 11.8 Å². The molecule has 1 aliphatic heterocycles. The summed E-state index contributed by atoms with van der Waals surface area (Å²) in [5, 5.41) is 15.4. The van der Waals surface area contributed by atoms with Crippen LogP contribution in [0.15, 0.2) is 29.3 Å². The van der Waals surface area contributed by atoms with Crippen LogP contribution >= 0.6 is 11.8 Å². The zero-order valence-corrected chi connectivity index (χ0v) is 10.4. The van der Waals surface area contributed by atoms with Crippen LogP contribution in [0.2, 0.25) is 0 Å². The maximum atomic E-state index is 9.78. The number of rotatable bonds is 2. The first-order chi connectivity index (χ1) is 8.28. The fourth-order valence-electron chi connectivity index (χ4n) is 2.10. The fraction of sp³-hybridized carbons (Fsp3) is 0.417. The zero-order valence-electron chi connectivity index (χ0n) is 9.54. The van der Waals surface area contributed by atoms with Crippen molar-refractivity contribution in [3.8, 4) is 0 Å². The first kappa shape index (κ1) is 11.1. The highest BCUT2D eigenvalue weighted by Gasteiger charge is 2.28. The highest BCUT2D eigenvalue weighted by atomic mass is 32.2. The molecule has 1 aromatic carbocycles. The standard InChI is InChI=1S/C12H14N2O2S/c1-17-9-2-3-10-8(4-9)5-14(13-10)11-6-16-7-12(11)15/h2-5,11-12,15H,6-7H2,1H3. The summed E-state index contributed by atoms with van der Waals surface area (Å²) in [7, 11) is 0. The van der Waals surface area contributed by atoms with Crippen LogP contribution in [0, 0.1) is 0 Å². The van der Waals surface area contributed by atoms with Crippen molar-refractivity contribution in [1.82, 2.24) is 9.78 Å². The van der Waals surface area contributed by atoms with E-state index >= 15 is 0 Å². The summed E-state index contributed by atoms with van der Waals surface area (Å²) in [5.41, 5.74) is 0.960. The van der Waals surface area contributed by atoms with Crippen LogP contribution in [0.3, 0.4) is 0 Å². The van der Waals surface area contributed by atoms with Crippen LogP contribution in [-0.4, -0.2) is 40.5 Å². The monoisotopic (exact) mass is 250 g/mol. The largest absolute Gasteiger partial charge is 0.388 e. The molecule has 4 nitrogen and oxygen atoms in total. The minimum absolute atomic E-state index is 0.0554. The van der Waals surface area contributed by atoms with Crippen LogP contribution in [0.4, 0.5) is 0 Å². The topological polar surface area (TPSA) is 47.3 Å². The van der Waals surface area contributed by atoms with Crippen molar-refractivity contribution in [2.24, 2.45) is 0 Å². The van der Waals surface area contributed by atoms with E-state index in [4.69, 9.17) is 4.74 Å². The van der Waals surface area contributed by atoms with Gasteiger partial charge in [-0.05, 0) is 24.5 Å². The number of thioether (sulfide) groups is 1. The number of hydrogen-bond donors (Lipinski definition) is 1. The summed E-state index contributed by atoms with van der Waals surface area (Å²) in [4.78, 5) is 1.22. The van der Waals surface area contributed by atoms with Gasteiger partial charge in [0.2, 0.25) is 0 Å². The molecule has 0 aliphatic carbocycles. The second kappa shape index (κ2) is 4.33. The lowest BCUT2D eigenvalue weighted by atomic mass is 10.2. The van der Waals surface area contributed by atoms with Crippen molar-refractivity contribution in [1.29, 1.82) is 0 Å². The molecule has 2 unspecified atom stereocenters. The Labute approximate surface area is 104 Å². The molecule has 1 aromatic heterocycles. The molecule has 0 saturated carbocycles. The molecular weight excluding hydrogens is 236 g/mol. The van der Waals surface area contributed by atoms with E-state index in [2.05, 4.69) is 23.5 Å². The van der Waals surface area contributed by atoms with Gasteiger partial charge in [-0.15, -0.1) is 11.8 Å². The average Bonchev–Trinajstić information content (AvgIpc) is 2.93. The van der Waals surface area contributed by atoms with Gasteiger partial charge in [-0.3, -0.25) is 4.68 Å². The van der Waals surface area contributed by atoms with E-state index in [0.29, 0.717) is 13.2 Å². The Morgan fingerprint density at radius 1 is 1.47 bits per heavy atom. The van der Waals surface area contributed by atoms with E-state index in [1.165, 1.54) is 4.90 Å². The van der Waals surface area contributed by atoms with E-state index in [1.807, 2.05) is 16.9 Å². The smallest absolute Gasteiger partial charge is 0.103 e. The van der Waals surface area contributed by atoms with Crippen LogP contribution < -0.4 is 0 Å². The minimum atomic E-state index is -0.454. The Bertz CT molecular complexity index is 540. The van der Waals surface area contributed by atoms with Gasteiger partial charge >= 0.3 is 0 Å². The quantitative estimate of drug-likeness (QED) is 0.824. The molecule has 5 heteroatoms. The first-order valence-electron chi connectivity index (χ1n) is 5.56. The molecule has 90 valence electrons. The molecule has 2 atom stereocenters. The summed E-state index contributed by atoms with van der Waals surface area (Å²) in [6.45, 7) is 0.932. The van der Waals surface area contributed by atoms with Gasteiger partial charge in [0.25, 0.3) is 0 Å². The van der Waals surface area contributed by atoms with Gasteiger partial charge in [0.15, 0.2) is 0 Å². The highest BCUT2D eigenvalue weighted by Crippen LogP contribution is 2.25. The van der Waals surface area contributed by atoms with E-state index < -0.39 is 6.10 Å². The van der Waals surface area contributed by atoms with Crippen LogP contribution in [-0.2, 0) is 4.74 Å². The van der Waals surface area contributed by atoms with Gasteiger partial charge in [0, 0.05) is 16.5 Å². The third-order valence-electron chi connectivity index (χ3n) is 3.09. The number of aliphatic hydroxyl groups is 1. The molecule has 1 aliphatic rings. The Hall–Kier alpha value is -1.04. The van der Waals surface area contributed by atoms with Crippen molar-refractivity contribution in [3.05, 3.63) is 24.4 Å². The number of benzene rings is 1.